The molecule has 0 saturated carbocycles. The number of amides is 1. The maximum Gasteiger partial charge on any atom is 0.293 e. The Morgan fingerprint density at radius 1 is 1.20 bits per heavy atom. The molecule has 7 nitrogen and oxygen atoms in total. The van der Waals surface area contributed by atoms with Crippen LogP contribution in [0.2, 0.25) is 0 Å². The van der Waals surface area contributed by atoms with Crippen molar-refractivity contribution in [3.63, 3.8) is 0 Å². The SMILES string of the molecule is Cc1ccccc1-n1ncc2c(C(C)C)nn(CC(=O)N3CCC(C)CC3)c(=O)c21. The third-order valence-corrected chi connectivity index (χ3v) is 6.02. The number of carbonyl (C=O) groups excluding carboxylic acids is 1. The summed E-state index contributed by atoms with van der Waals surface area (Å²) in [6.45, 7) is 9.73. The van der Waals surface area contributed by atoms with E-state index in [9.17, 15) is 9.59 Å². The van der Waals surface area contributed by atoms with Crippen LogP contribution in [0.15, 0.2) is 35.3 Å². The van der Waals surface area contributed by atoms with Gasteiger partial charge in [-0.15, -0.1) is 0 Å². The Bertz CT molecular complexity index is 1140. The van der Waals surface area contributed by atoms with Gasteiger partial charge in [0.1, 0.15) is 12.1 Å². The van der Waals surface area contributed by atoms with Crippen molar-refractivity contribution in [2.45, 2.75) is 53.0 Å². The highest BCUT2D eigenvalue weighted by molar-refractivity contribution is 5.83. The fourth-order valence-electron chi connectivity index (χ4n) is 4.10. The highest BCUT2D eigenvalue weighted by Crippen LogP contribution is 2.24. The minimum absolute atomic E-state index is 0.0399. The van der Waals surface area contributed by atoms with Crippen molar-refractivity contribution in [2.24, 2.45) is 5.92 Å². The average molecular weight is 408 g/mol. The van der Waals surface area contributed by atoms with Gasteiger partial charge in [0.25, 0.3) is 5.56 Å². The van der Waals surface area contributed by atoms with Gasteiger partial charge in [0, 0.05) is 18.5 Å². The van der Waals surface area contributed by atoms with E-state index in [0.29, 0.717) is 11.4 Å². The second kappa shape index (κ2) is 8.05. The molecule has 1 aliphatic rings. The molecule has 1 amide bonds. The molecule has 0 spiro atoms. The molecule has 1 aromatic carbocycles. The third-order valence-electron chi connectivity index (χ3n) is 6.02. The standard InChI is InChI=1S/C23H29N5O2/c1-15(2)21-18-13-24-28(19-8-6-5-7-17(19)4)22(18)23(30)27(25-21)14-20(29)26-11-9-16(3)10-12-26/h5-8,13,15-16H,9-12,14H2,1-4H3. The Morgan fingerprint density at radius 3 is 2.57 bits per heavy atom. The molecule has 1 fully saturated rings. The van der Waals surface area contributed by atoms with Gasteiger partial charge in [-0.3, -0.25) is 9.59 Å². The van der Waals surface area contributed by atoms with Gasteiger partial charge >= 0.3 is 0 Å². The van der Waals surface area contributed by atoms with Gasteiger partial charge in [-0.25, -0.2) is 9.36 Å². The summed E-state index contributed by atoms with van der Waals surface area (Å²) in [7, 11) is 0. The molecule has 0 bridgehead atoms. The highest BCUT2D eigenvalue weighted by Gasteiger charge is 2.24. The number of aromatic nitrogens is 4. The maximum absolute atomic E-state index is 13.4. The summed E-state index contributed by atoms with van der Waals surface area (Å²) in [5.74, 6) is 0.689. The molecule has 3 heterocycles. The predicted octanol–water partition coefficient (Wildman–Crippen LogP) is 3.27. The topological polar surface area (TPSA) is 73.0 Å². The van der Waals surface area contributed by atoms with Gasteiger partial charge in [0.15, 0.2) is 0 Å². The van der Waals surface area contributed by atoms with E-state index in [1.165, 1.54) is 4.68 Å². The molecule has 0 radical (unpaired) electrons. The van der Waals surface area contributed by atoms with Crippen molar-refractivity contribution in [3.05, 3.63) is 52.1 Å². The largest absolute Gasteiger partial charge is 0.341 e. The number of benzene rings is 1. The highest BCUT2D eigenvalue weighted by atomic mass is 16.2. The molecule has 1 saturated heterocycles. The van der Waals surface area contributed by atoms with E-state index in [2.05, 4.69) is 17.1 Å². The molecule has 1 aliphatic heterocycles. The molecule has 2 aromatic heterocycles. The second-order valence-electron chi connectivity index (χ2n) is 8.67. The monoisotopic (exact) mass is 407 g/mol. The Kier molecular flexibility index (Phi) is 5.45. The molecular weight excluding hydrogens is 378 g/mol. The zero-order valence-electron chi connectivity index (χ0n) is 18.1. The van der Waals surface area contributed by atoms with Crippen molar-refractivity contribution in [3.8, 4) is 5.69 Å². The van der Waals surface area contributed by atoms with Crippen LogP contribution in [0.3, 0.4) is 0 Å². The van der Waals surface area contributed by atoms with E-state index < -0.39 is 0 Å². The number of para-hydroxylation sites is 1. The molecule has 0 atom stereocenters. The number of nitrogens with zero attached hydrogens (tertiary/aromatic N) is 5. The summed E-state index contributed by atoms with van der Waals surface area (Å²) in [6, 6.07) is 7.83. The van der Waals surface area contributed by atoms with Gasteiger partial charge < -0.3 is 4.90 Å². The molecule has 0 aliphatic carbocycles. The summed E-state index contributed by atoms with van der Waals surface area (Å²) < 4.78 is 3.01. The van der Waals surface area contributed by atoms with Crippen LogP contribution in [0.5, 0.6) is 0 Å². The van der Waals surface area contributed by atoms with Crippen LogP contribution in [-0.2, 0) is 11.3 Å². The fraction of sp³-hybridized carbons (Fsp3) is 0.478. The van der Waals surface area contributed by atoms with E-state index in [1.54, 1.807) is 10.9 Å². The van der Waals surface area contributed by atoms with Gasteiger partial charge in [-0.05, 0) is 43.2 Å². The summed E-state index contributed by atoms with van der Waals surface area (Å²) in [5.41, 5.74) is 2.85. The van der Waals surface area contributed by atoms with Crippen molar-refractivity contribution in [1.82, 2.24) is 24.5 Å². The Balaban J connectivity index is 1.80. The minimum Gasteiger partial charge on any atom is -0.341 e. The molecule has 3 aromatic rings. The van der Waals surface area contributed by atoms with Crippen LogP contribution >= 0.6 is 0 Å². The number of hydrogen-bond acceptors (Lipinski definition) is 4. The quantitative estimate of drug-likeness (QED) is 0.665. The first kappa shape index (κ1) is 20.3. The zero-order chi connectivity index (χ0) is 21.4. The van der Waals surface area contributed by atoms with E-state index in [1.807, 2.05) is 49.9 Å². The van der Waals surface area contributed by atoms with Crippen LogP contribution in [0.1, 0.15) is 50.8 Å². The van der Waals surface area contributed by atoms with Crippen molar-refractivity contribution in [1.29, 1.82) is 0 Å². The van der Waals surface area contributed by atoms with Crippen molar-refractivity contribution < 1.29 is 4.79 Å². The average Bonchev–Trinajstić information content (AvgIpc) is 3.16. The Hall–Kier alpha value is -2.96. The normalized spacial score (nSPS) is 15.3. The first-order valence-corrected chi connectivity index (χ1v) is 10.7. The van der Waals surface area contributed by atoms with E-state index >= 15 is 0 Å². The number of aryl methyl sites for hydroxylation is 1. The predicted molar refractivity (Wildman–Crippen MR) is 117 cm³/mol. The lowest BCUT2D eigenvalue weighted by molar-refractivity contribution is -0.133. The van der Waals surface area contributed by atoms with Crippen LogP contribution in [-0.4, -0.2) is 43.5 Å². The zero-order valence-corrected chi connectivity index (χ0v) is 18.1. The fourth-order valence-corrected chi connectivity index (χ4v) is 4.10. The lowest BCUT2D eigenvalue weighted by Crippen LogP contribution is -2.42. The Morgan fingerprint density at radius 2 is 1.90 bits per heavy atom. The lowest BCUT2D eigenvalue weighted by atomic mass is 9.99. The van der Waals surface area contributed by atoms with Gasteiger partial charge in [-0.2, -0.15) is 10.2 Å². The number of fused-ring (bicyclic) bond motifs is 1. The first-order chi connectivity index (χ1) is 14.4. The number of piperidine rings is 1. The van der Waals surface area contributed by atoms with Crippen molar-refractivity contribution in [2.75, 3.05) is 13.1 Å². The molecule has 0 N–H and O–H groups in total. The minimum atomic E-state index is -0.283. The summed E-state index contributed by atoms with van der Waals surface area (Å²) in [6.07, 6.45) is 3.72. The van der Waals surface area contributed by atoms with E-state index in [-0.39, 0.29) is 23.9 Å². The van der Waals surface area contributed by atoms with Gasteiger partial charge in [0.05, 0.1) is 17.6 Å². The number of likely N-dealkylation sites (tertiary alicyclic amines) is 1. The number of carbonyl (C=O) groups is 1. The molecule has 4 rings (SSSR count). The second-order valence-corrected chi connectivity index (χ2v) is 8.67. The van der Waals surface area contributed by atoms with E-state index in [4.69, 9.17) is 0 Å². The smallest absolute Gasteiger partial charge is 0.293 e. The molecule has 7 heteroatoms. The first-order valence-electron chi connectivity index (χ1n) is 10.7. The van der Waals surface area contributed by atoms with Crippen LogP contribution in [0.25, 0.3) is 16.6 Å². The molecule has 30 heavy (non-hydrogen) atoms. The van der Waals surface area contributed by atoms with Crippen LogP contribution in [0, 0.1) is 12.8 Å². The van der Waals surface area contributed by atoms with Crippen molar-refractivity contribution >= 4 is 16.8 Å². The maximum atomic E-state index is 13.4. The summed E-state index contributed by atoms with van der Waals surface area (Å²) >= 11 is 0. The molecule has 158 valence electrons. The van der Waals surface area contributed by atoms with Crippen LogP contribution < -0.4 is 5.56 Å². The van der Waals surface area contributed by atoms with E-state index in [0.717, 1.165) is 48.3 Å². The third kappa shape index (κ3) is 3.64. The number of rotatable bonds is 4. The summed E-state index contributed by atoms with van der Waals surface area (Å²) in [5, 5.41) is 9.84. The summed E-state index contributed by atoms with van der Waals surface area (Å²) in [4.78, 5) is 28.2. The number of hydrogen-bond donors (Lipinski definition) is 0. The molecular formula is C23H29N5O2. The lowest BCUT2D eigenvalue weighted by Gasteiger charge is -2.30. The van der Waals surface area contributed by atoms with Gasteiger partial charge in [-0.1, -0.05) is 39.0 Å². The molecule has 0 unspecified atom stereocenters. The Labute approximate surface area is 176 Å². The van der Waals surface area contributed by atoms with Gasteiger partial charge in [0.2, 0.25) is 5.91 Å². The van der Waals surface area contributed by atoms with Crippen LogP contribution in [0.4, 0.5) is 0 Å².